The molecule has 0 bridgehead atoms. The first-order valence-corrected chi connectivity index (χ1v) is 5.07. The third-order valence-electron chi connectivity index (χ3n) is 1.93. The Morgan fingerprint density at radius 1 is 1.40 bits per heavy atom. The number of aliphatic hydroxyl groups excluding tert-OH is 1. The van der Waals surface area contributed by atoms with E-state index >= 15 is 0 Å². The van der Waals surface area contributed by atoms with E-state index in [4.69, 9.17) is 21.1 Å². The molecule has 15 heavy (non-hydrogen) atoms. The van der Waals surface area contributed by atoms with E-state index in [1.807, 2.05) is 13.0 Å². The highest BCUT2D eigenvalue weighted by atomic mass is 35.5. The number of methoxy groups -OCH3 is 1. The number of hydrogen-bond acceptors (Lipinski definition) is 3. The van der Waals surface area contributed by atoms with Crippen LogP contribution in [0.3, 0.4) is 0 Å². The van der Waals surface area contributed by atoms with Crippen LogP contribution in [0.15, 0.2) is 18.2 Å². The molecule has 0 saturated heterocycles. The average molecular weight is 231 g/mol. The van der Waals surface area contributed by atoms with Crippen molar-refractivity contribution in [3.63, 3.8) is 0 Å². The van der Waals surface area contributed by atoms with Crippen LogP contribution < -0.4 is 4.74 Å². The molecule has 84 valence electrons. The van der Waals surface area contributed by atoms with E-state index in [-0.39, 0.29) is 13.2 Å². The molecule has 1 aromatic carbocycles. The SMILES string of the molecule is COC[C@H](O)COc1ccc(Cl)c(C)c1. The monoisotopic (exact) mass is 230 g/mol. The lowest BCUT2D eigenvalue weighted by Gasteiger charge is -2.11. The number of hydrogen-bond donors (Lipinski definition) is 1. The second kappa shape index (κ2) is 5.95. The lowest BCUT2D eigenvalue weighted by Crippen LogP contribution is -2.22. The van der Waals surface area contributed by atoms with Gasteiger partial charge in [-0.3, -0.25) is 0 Å². The van der Waals surface area contributed by atoms with Gasteiger partial charge in [0.2, 0.25) is 0 Å². The molecule has 0 fully saturated rings. The van der Waals surface area contributed by atoms with E-state index in [0.717, 1.165) is 5.56 Å². The van der Waals surface area contributed by atoms with Crippen molar-refractivity contribution < 1.29 is 14.6 Å². The lowest BCUT2D eigenvalue weighted by molar-refractivity contribution is 0.0325. The zero-order valence-electron chi connectivity index (χ0n) is 8.87. The van der Waals surface area contributed by atoms with Crippen molar-refractivity contribution in [2.45, 2.75) is 13.0 Å². The highest BCUT2D eigenvalue weighted by Gasteiger charge is 2.05. The summed E-state index contributed by atoms with van der Waals surface area (Å²) in [4.78, 5) is 0. The lowest BCUT2D eigenvalue weighted by atomic mass is 10.2. The standard InChI is InChI=1S/C11H15ClO3/c1-8-5-10(3-4-11(8)12)15-7-9(13)6-14-2/h3-5,9,13H,6-7H2,1-2H3/t9-/m0/s1. The van der Waals surface area contributed by atoms with Gasteiger partial charge in [0.25, 0.3) is 0 Å². The average Bonchev–Trinajstić information content (AvgIpc) is 2.20. The third-order valence-corrected chi connectivity index (χ3v) is 2.35. The van der Waals surface area contributed by atoms with Crippen molar-refractivity contribution in [3.05, 3.63) is 28.8 Å². The van der Waals surface area contributed by atoms with Crippen molar-refractivity contribution in [1.82, 2.24) is 0 Å². The van der Waals surface area contributed by atoms with Gasteiger partial charge in [-0.05, 0) is 30.7 Å². The van der Waals surface area contributed by atoms with Crippen LogP contribution in [0.2, 0.25) is 5.02 Å². The zero-order valence-corrected chi connectivity index (χ0v) is 9.62. The minimum absolute atomic E-state index is 0.217. The van der Waals surface area contributed by atoms with Gasteiger partial charge >= 0.3 is 0 Å². The van der Waals surface area contributed by atoms with E-state index in [1.54, 1.807) is 12.1 Å². The Balaban J connectivity index is 2.47. The molecule has 1 aromatic rings. The molecule has 1 atom stereocenters. The Morgan fingerprint density at radius 2 is 2.13 bits per heavy atom. The number of aliphatic hydroxyl groups is 1. The summed E-state index contributed by atoms with van der Waals surface area (Å²) < 4.78 is 10.2. The molecule has 0 aliphatic heterocycles. The number of rotatable bonds is 5. The first-order chi connectivity index (χ1) is 7.13. The molecule has 0 amide bonds. The second-order valence-electron chi connectivity index (χ2n) is 3.33. The summed E-state index contributed by atoms with van der Waals surface area (Å²) in [6.07, 6.45) is -0.606. The molecule has 4 heteroatoms. The highest BCUT2D eigenvalue weighted by molar-refractivity contribution is 6.31. The molecular weight excluding hydrogens is 216 g/mol. The van der Waals surface area contributed by atoms with Crippen molar-refractivity contribution in [2.75, 3.05) is 20.3 Å². The Morgan fingerprint density at radius 3 is 2.73 bits per heavy atom. The highest BCUT2D eigenvalue weighted by Crippen LogP contribution is 2.20. The van der Waals surface area contributed by atoms with Crippen molar-refractivity contribution in [2.24, 2.45) is 0 Å². The predicted molar refractivity (Wildman–Crippen MR) is 59.6 cm³/mol. The maximum absolute atomic E-state index is 9.36. The van der Waals surface area contributed by atoms with Gasteiger partial charge in [0.15, 0.2) is 0 Å². The summed E-state index contributed by atoms with van der Waals surface area (Å²) in [6.45, 7) is 2.39. The van der Waals surface area contributed by atoms with Crippen molar-refractivity contribution in [3.8, 4) is 5.75 Å². The Hall–Kier alpha value is -0.770. The molecule has 0 aliphatic rings. The van der Waals surface area contributed by atoms with E-state index in [2.05, 4.69) is 0 Å². The van der Waals surface area contributed by atoms with Crippen LogP contribution in [0.5, 0.6) is 5.75 Å². The Bertz CT molecular complexity index is 315. The number of benzene rings is 1. The van der Waals surface area contributed by atoms with Crippen molar-refractivity contribution in [1.29, 1.82) is 0 Å². The molecule has 0 heterocycles. The molecule has 0 unspecified atom stereocenters. The number of ether oxygens (including phenoxy) is 2. The Kier molecular flexibility index (Phi) is 4.88. The molecule has 0 saturated carbocycles. The quantitative estimate of drug-likeness (QED) is 0.841. The summed E-state index contributed by atoms with van der Waals surface area (Å²) in [5, 5.41) is 10.1. The maximum Gasteiger partial charge on any atom is 0.119 e. The minimum Gasteiger partial charge on any atom is -0.491 e. The van der Waals surface area contributed by atoms with Crippen LogP contribution in [0.25, 0.3) is 0 Å². The van der Waals surface area contributed by atoms with Gasteiger partial charge in [0.1, 0.15) is 18.5 Å². The van der Waals surface area contributed by atoms with Crippen molar-refractivity contribution >= 4 is 11.6 Å². The first-order valence-electron chi connectivity index (χ1n) is 4.69. The molecule has 1 rings (SSSR count). The van der Waals surface area contributed by atoms with Crippen LogP contribution in [0.1, 0.15) is 5.56 Å². The second-order valence-corrected chi connectivity index (χ2v) is 3.74. The van der Waals surface area contributed by atoms with Crippen LogP contribution in [0, 0.1) is 6.92 Å². The van der Waals surface area contributed by atoms with Crippen LogP contribution in [0.4, 0.5) is 0 Å². The summed E-state index contributed by atoms with van der Waals surface area (Å²) in [5.74, 6) is 0.701. The topological polar surface area (TPSA) is 38.7 Å². The van der Waals surface area contributed by atoms with Crippen LogP contribution in [-0.2, 0) is 4.74 Å². The molecule has 1 N–H and O–H groups in total. The zero-order chi connectivity index (χ0) is 11.3. The van der Waals surface area contributed by atoms with Gasteiger partial charge in [0, 0.05) is 12.1 Å². The summed E-state index contributed by atoms with van der Waals surface area (Å²) in [5.41, 5.74) is 0.954. The minimum atomic E-state index is -0.606. The summed E-state index contributed by atoms with van der Waals surface area (Å²) in [6, 6.07) is 5.38. The van der Waals surface area contributed by atoms with Gasteiger partial charge in [-0.15, -0.1) is 0 Å². The molecule has 0 spiro atoms. The molecule has 0 aromatic heterocycles. The van der Waals surface area contributed by atoms with Gasteiger partial charge < -0.3 is 14.6 Å². The van der Waals surface area contributed by atoms with Crippen LogP contribution >= 0.6 is 11.6 Å². The Labute approximate surface area is 94.6 Å². The van der Waals surface area contributed by atoms with E-state index in [9.17, 15) is 5.11 Å². The van der Waals surface area contributed by atoms with E-state index < -0.39 is 6.10 Å². The van der Waals surface area contributed by atoms with Gasteiger partial charge in [-0.1, -0.05) is 11.6 Å². The van der Waals surface area contributed by atoms with Gasteiger partial charge in [-0.2, -0.15) is 0 Å². The van der Waals surface area contributed by atoms with Gasteiger partial charge in [0.05, 0.1) is 6.61 Å². The summed E-state index contributed by atoms with van der Waals surface area (Å²) in [7, 11) is 1.54. The van der Waals surface area contributed by atoms with Crippen LogP contribution in [-0.4, -0.2) is 31.5 Å². The van der Waals surface area contributed by atoms with Gasteiger partial charge in [-0.25, -0.2) is 0 Å². The molecule has 0 radical (unpaired) electrons. The fourth-order valence-corrected chi connectivity index (χ4v) is 1.26. The normalized spacial score (nSPS) is 12.5. The third kappa shape index (κ3) is 4.08. The molecule has 0 aliphatic carbocycles. The largest absolute Gasteiger partial charge is 0.491 e. The van der Waals surface area contributed by atoms with E-state index in [0.29, 0.717) is 10.8 Å². The summed E-state index contributed by atoms with van der Waals surface area (Å²) >= 11 is 5.87. The first kappa shape index (κ1) is 12.3. The molecular formula is C11H15ClO3. The molecule has 3 nitrogen and oxygen atoms in total. The fraction of sp³-hybridized carbons (Fsp3) is 0.455. The predicted octanol–water partition coefficient (Wildman–Crippen LogP) is 2.03. The fourth-order valence-electron chi connectivity index (χ4n) is 1.14. The smallest absolute Gasteiger partial charge is 0.119 e. The number of halogens is 1. The maximum atomic E-state index is 9.36. The number of aryl methyl sites for hydroxylation is 1. The van der Waals surface area contributed by atoms with E-state index in [1.165, 1.54) is 7.11 Å².